The van der Waals surface area contributed by atoms with E-state index < -0.39 is 11.2 Å². The molecule has 25 heavy (non-hydrogen) atoms. The third-order valence-corrected chi connectivity index (χ3v) is 3.70. The Morgan fingerprint density at radius 3 is 2.44 bits per heavy atom. The molecule has 1 fully saturated rings. The number of ether oxygens (including phenoxy) is 1. The molecular weight excluding hydrogens is 326 g/mol. The van der Waals surface area contributed by atoms with Crippen molar-refractivity contribution in [2.45, 2.75) is 26.4 Å². The molecule has 138 valence electrons. The smallest absolute Gasteiger partial charge is 0.410 e. The molecule has 2 rings (SSSR count). The first-order valence-electron chi connectivity index (χ1n) is 8.32. The monoisotopic (exact) mass is 351 g/mol. The zero-order valence-corrected chi connectivity index (χ0v) is 14.9. The molecule has 1 saturated heterocycles. The molecule has 1 aliphatic rings. The predicted octanol–water partition coefficient (Wildman–Crippen LogP) is 0.922. The normalized spacial score (nSPS) is 15.7. The molecule has 2 amide bonds. The summed E-state index contributed by atoms with van der Waals surface area (Å²) < 4.78 is 10.0. The Hall–Kier alpha value is -2.35. The average Bonchev–Trinajstić information content (AvgIpc) is 2.54. The Kier molecular flexibility index (Phi) is 6.19. The number of nitrogens with one attached hydrogen (secondary N) is 1. The van der Waals surface area contributed by atoms with Crippen molar-refractivity contribution in [3.8, 4) is 0 Å². The van der Waals surface area contributed by atoms with Crippen molar-refractivity contribution in [3.05, 3.63) is 34.4 Å². The number of carbonyl (C=O) groups excluding carboxylic acids is 2. The third-order valence-electron chi connectivity index (χ3n) is 3.70. The van der Waals surface area contributed by atoms with Crippen molar-refractivity contribution >= 4 is 12.0 Å². The van der Waals surface area contributed by atoms with Crippen LogP contribution in [0, 0.1) is 0 Å². The van der Waals surface area contributed by atoms with Gasteiger partial charge < -0.3 is 19.4 Å². The van der Waals surface area contributed by atoms with Crippen LogP contribution in [0.1, 0.15) is 31.1 Å². The Balaban J connectivity index is 1.68. The molecule has 0 bridgehead atoms. The topological polar surface area (TPSA) is 92.1 Å². The van der Waals surface area contributed by atoms with E-state index in [9.17, 15) is 14.4 Å². The van der Waals surface area contributed by atoms with Crippen molar-refractivity contribution in [2.24, 2.45) is 0 Å². The maximum absolute atomic E-state index is 12.0. The number of hydrogen-bond acceptors (Lipinski definition) is 6. The maximum Gasteiger partial charge on any atom is 0.410 e. The summed E-state index contributed by atoms with van der Waals surface area (Å²) in [6, 6.07) is 2.64. The molecule has 2 heterocycles. The lowest BCUT2D eigenvalue weighted by Crippen LogP contribution is -2.51. The van der Waals surface area contributed by atoms with Gasteiger partial charge >= 0.3 is 11.7 Å². The minimum absolute atomic E-state index is 0.281. The van der Waals surface area contributed by atoms with E-state index in [1.807, 2.05) is 20.8 Å². The number of amides is 2. The Labute approximate surface area is 146 Å². The van der Waals surface area contributed by atoms with Crippen LogP contribution in [0.15, 0.2) is 27.6 Å². The van der Waals surface area contributed by atoms with Gasteiger partial charge in [0.1, 0.15) is 11.9 Å². The van der Waals surface area contributed by atoms with Gasteiger partial charge in [0.2, 0.25) is 0 Å². The third kappa shape index (κ3) is 6.22. The number of hydrogen-bond donors (Lipinski definition) is 1. The summed E-state index contributed by atoms with van der Waals surface area (Å²) in [5.74, 6) is -0.281. The highest BCUT2D eigenvalue weighted by Gasteiger charge is 2.25. The minimum Gasteiger partial charge on any atom is -0.444 e. The van der Waals surface area contributed by atoms with Crippen molar-refractivity contribution in [2.75, 3.05) is 39.3 Å². The number of piperazine rings is 1. The fraction of sp³-hybridized carbons (Fsp3) is 0.588. The highest BCUT2D eigenvalue weighted by Crippen LogP contribution is 2.11. The second kappa shape index (κ2) is 8.15. The van der Waals surface area contributed by atoms with Gasteiger partial charge in [-0.05, 0) is 26.8 Å². The van der Waals surface area contributed by atoms with Gasteiger partial charge in [0.25, 0.3) is 5.91 Å². The van der Waals surface area contributed by atoms with Gasteiger partial charge in [-0.1, -0.05) is 0 Å². The molecule has 1 aliphatic heterocycles. The maximum atomic E-state index is 12.0. The van der Waals surface area contributed by atoms with Crippen LogP contribution in [0.25, 0.3) is 0 Å². The summed E-state index contributed by atoms with van der Waals surface area (Å²) in [7, 11) is 0. The van der Waals surface area contributed by atoms with Crippen molar-refractivity contribution < 1.29 is 18.7 Å². The summed E-state index contributed by atoms with van der Waals surface area (Å²) >= 11 is 0. The molecule has 0 aromatic carbocycles. The van der Waals surface area contributed by atoms with E-state index in [2.05, 4.69) is 14.6 Å². The second-order valence-electron chi connectivity index (χ2n) is 6.91. The molecule has 0 saturated carbocycles. The van der Waals surface area contributed by atoms with Gasteiger partial charge in [-0.25, -0.2) is 9.59 Å². The summed E-state index contributed by atoms with van der Waals surface area (Å²) in [5.41, 5.74) is -0.663. The van der Waals surface area contributed by atoms with Crippen LogP contribution in [0.5, 0.6) is 0 Å². The zero-order valence-electron chi connectivity index (χ0n) is 14.9. The molecule has 1 aromatic heterocycles. The molecule has 1 aromatic rings. The number of carbonyl (C=O) groups is 2. The largest absolute Gasteiger partial charge is 0.444 e. The van der Waals surface area contributed by atoms with Crippen LogP contribution in [0.3, 0.4) is 0 Å². The molecule has 0 atom stereocenters. The van der Waals surface area contributed by atoms with E-state index in [4.69, 9.17) is 4.74 Å². The van der Waals surface area contributed by atoms with Gasteiger partial charge in [-0.3, -0.25) is 9.69 Å². The quantitative estimate of drug-likeness (QED) is 0.867. The van der Waals surface area contributed by atoms with Crippen molar-refractivity contribution in [1.82, 2.24) is 15.1 Å². The first kappa shape index (κ1) is 19.0. The summed E-state index contributed by atoms with van der Waals surface area (Å²) in [6.07, 6.45) is 0.864. The predicted molar refractivity (Wildman–Crippen MR) is 91.6 cm³/mol. The summed E-state index contributed by atoms with van der Waals surface area (Å²) in [4.78, 5) is 38.7. The standard InChI is InChI=1S/C17H25N3O5/c1-17(2,3)25-16(23)20-10-8-19(9-11-20)7-6-18-15(22)13-4-5-14(21)24-12-13/h4-5,12H,6-11H2,1-3H3,(H,18,22). The first-order chi connectivity index (χ1) is 11.7. The fourth-order valence-corrected chi connectivity index (χ4v) is 2.40. The average molecular weight is 351 g/mol. The lowest BCUT2D eigenvalue weighted by atomic mass is 10.2. The molecule has 1 N–H and O–H groups in total. The van der Waals surface area contributed by atoms with Crippen LogP contribution in [-0.2, 0) is 4.74 Å². The fourth-order valence-electron chi connectivity index (χ4n) is 2.40. The lowest BCUT2D eigenvalue weighted by molar-refractivity contribution is 0.0147. The van der Waals surface area contributed by atoms with Gasteiger partial charge in [0.15, 0.2) is 0 Å². The first-order valence-corrected chi connectivity index (χ1v) is 8.32. The van der Waals surface area contributed by atoms with E-state index in [1.165, 1.54) is 12.1 Å². The van der Waals surface area contributed by atoms with Gasteiger partial charge in [0.05, 0.1) is 5.56 Å². The molecule has 0 unspecified atom stereocenters. The molecule has 0 spiro atoms. The van der Waals surface area contributed by atoms with Gasteiger partial charge in [-0.15, -0.1) is 0 Å². The van der Waals surface area contributed by atoms with E-state index in [-0.39, 0.29) is 12.0 Å². The number of nitrogens with zero attached hydrogens (tertiary/aromatic N) is 2. The second-order valence-corrected chi connectivity index (χ2v) is 6.91. The van der Waals surface area contributed by atoms with Crippen molar-refractivity contribution in [1.29, 1.82) is 0 Å². The van der Waals surface area contributed by atoms with E-state index >= 15 is 0 Å². The SMILES string of the molecule is CC(C)(C)OC(=O)N1CCN(CCNC(=O)c2ccc(=O)oc2)CC1. The summed E-state index contributed by atoms with van der Waals surface area (Å²) in [6.45, 7) is 9.38. The summed E-state index contributed by atoms with van der Waals surface area (Å²) in [5, 5.41) is 2.78. The van der Waals surface area contributed by atoms with Crippen LogP contribution >= 0.6 is 0 Å². The lowest BCUT2D eigenvalue weighted by Gasteiger charge is -2.35. The number of rotatable bonds is 4. The van der Waals surface area contributed by atoms with Crippen LogP contribution in [-0.4, -0.2) is 66.7 Å². The molecule has 0 radical (unpaired) electrons. The van der Waals surface area contributed by atoms with Gasteiger partial charge in [0, 0.05) is 45.3 Å². The molecular formula is C17H25N3O5. The van der Waals surface area contributed by atoms with Crippen molar-refractivity contribution in [3.63, 3.8) is 0 Å². The van der Waals surface area contributed by atoms with Crippen LogP contribution < -0.4 is 10.9 Å². The van der Waals surface area contributed by atoms with Crippen LogP contribution in [0.2, 0.25) is 0 Å². The van der Waals surface area contributed by atoms with E-state index in [1.54, 1.807) is 4.90 Å². The molecule has 0 aliphatic carbocycles. The van der Waals surface area contributed by atoms with Gasteiger partial charge in [-0.2, -0.15) is 0 Å². The highest BCUT2D eigenvalue weighted by molar-refractivity contribution is 5.93. The minimum atomic E-state index is -0.491. The molecule has 8 heteroatoms. The molecule has 8 nitrogen and oxygen atoms in total. The highest BCUT2D eigenvalue weighted by atomic mass is 16.6. The van der Waals surface area contributed by atoms with E-state index in [0.717, 1.165) is 19.4 Å². The Morgan fingerprint density at radius 2 is 1.88 bits per heavy atom. The Morgan fingerprint density at radius 1 is 1.20 bits per heavy atom. The zero-order chi connectivity index (χ0) is 18.4. The van der Waals surface area contributed by atoms with Crippen LogP contribution in [0.4, 0.5) is 4.79 Å². The van der Waals surface area contributed by atoms with E-state index in [0.29, 0.717) is 31.7 Å². The Bertz CT molecular complexity index is 636.